The Morgan fingerprint density at radius 2 is 1.97 bits per heavy atom. The molecule has 0 spiro atoms. The third-order valence-electron chi connectivity index (χ3n) is 3.61. The zero-order valence-corrected chi connectivity index (χ0v) is 18.5. The molecule has 1 heterocycles. The van der Waals surface area contributed by atoms with Crippen LogP contribution in [0.4, 0.5) is 13.2 Å². The van der Waals surface area contributed by atoms with E-state index in [1.54, 1.807) is 7.11 Å². The van der Waals surface area contributed by atoms with E-state index in [-0.39, 0.29) is 37.1 Å². The summed E-state index contributed by atoms with van der Waals surface area (Å²) in [5.41, 5.74) is 0.0738. The van der Waals surface area contributed by atoms with Crippen molar-refractivity contribution in [2.45, 2.75) is 19.6 Å². The molecular weight excluding hydrogens is 500 g/mol. The zero-order chi connectivity index (χ0) is 20.4. The molecule has 0 amide bonds. The minimum absolute atomic E-state index is 0. The number of rotatable bonds is 8. The van der Waals surface area contributed by atoms with Gasteiger partial charge in [-0.05, 0) is 36.8 Å². The molecule has 6 nitrogen and oxygen atoms in total. The van der Waals surface area contributed by atoms with Crippen molar-refractivity contribution in [2.75, 3.05) is 26.8 Å². The fourth-order valence-electron chi connectivity index (χ4n) is 2.32. The molecule has 0 unspecified atom stereocenters. The minimum Gasteiger partial charge on any atom is -0.497 e. The summed E-state index contributed by atoms with van der Waals surface area (Å²) in [5, 5.41) is 6.09. The highest BCUT2D eigenvalue weighted by Crippen LogP contribution is 2.34. The van der Waals surface area contributed by atoms with Crippen LogP contribution in [0.15, 0.2) is 47.6 Å². The van der Waals surface area contributed by atoms with Gasteiger partial charge in [0.15, 0.2) is 5.96 Å². The molecule has 0 radical (unpaired) electrons. The molecule has 160 valence electrons. The smallest absolute Gasteiger partial charge is 0.421 e. The second-order valence-electron chi connectivity index (χ2n) is 5.68. The molecular formula is C19H24F3IN4O2. The van der Waals surface area contributed by atoms with E-state index in [9.17, 15) is 13.2 Å². The lowest BCUT2D eigenvalue weighted by molar-refractivity contribution is -0.139. The number of hydrogen-bond donors (Lipinski definition) is 2. The van der Waals surface area contributed by atoms with Gasteiger partial charge in [-0.1, -0.05) is 12.1 Å². The van der Waals surface area contributed by atoms with E-state index in [1.807, 2.05) is 31.2 Å². The van der Waals surface area contributed by atoms with E-state index in [0.29, 0.717) is 19.0 Å². The van der Waals surface area contributed by atoms with Crippen molar-refractivity contribution in [3.05, 3.63) is 53.7 Å². The number of aromatic nitrogens is 1. The number of methoxy groups -OCH3 is 1. The van der Waals surface area contributed by atoms with Crippen LogP contribution in [0.5, 0.6) is 11.6 Å². The van der Waals surface area contributed by atoms with E-state index in [0.717, 1.165) is 17.4 Å². The largest absolute Gasteiger partial charge is 0.497 e. The van der Waals surface area contributed by atoms with E-state index >= 15 is 0 Å². The first-order valence-electron chi connectivity index (χ1n) is 8.74. The first-order chi connectivity index (χ1) is 13.4. The van der Waals surface area contributed by atoms with Crippen molar-refractivity contribution in [3.63, 3.8) is 0 Å². The Hall–Kier alpha value is -2.24. The standard InChI is InChI=1S/C19H23F3N4O2.HI/c1-3-23-18(26-13-14-6-4-7-15(12-14)27-2)25-10-11-28-17-16(19(20,21)22)8-5-9-24-17;/h4-9,12H,3,10-11,13H2,1-2H3,(H2,23,25,26);1H. The quantitative estimate of drug-likeness (QED) is 0.238. The van der Waals surface area contributed by atoms with E-state index in [4.69, 9.17) is 9.47 Å². The van der Waals surface area contributed by atoms with Gasteiger partial charge in [-0.2, -0.15) is 13.2 Å². The Morgan fingerprint density at radius 1 is 1.17 bits per heavy atom. The van der Waals surface area contributed by atoms with Gasteiger partial charge < -0.3 is 20.1 Å². The fraction of sp³-hybridized carbons (Fsp3) is 0.368. The Labute approximate surface area is 184 Å². The van der Waals surface area contributed by atoms with Crippen LogP contribution >= 0.6 is 24.0 Å². The molecule has 0 atom stereocenters. The number of hydrogen-bond acceptors (Lipinski definition) is 4. The van der Waals surface area contributed by atoms with Gasteiger partial charge in [-0.25, -0.2) is 9.98 Å². The third-order valence-corrected chi connectivity index (χ3v) is 3.61. The second kappa shape index (κ2) is 12.3. The summed E-state index contributed by atoms with van der Waals surface area (Å²) in [6, 6.07) is 9.70. The van der Waals surface area contributed by atoms with Gasteiger partial charge in [-0.15, -0.1) is 24.0 Å². The molecule has 1 aromatic carbocycles. The van der Waals surface area contributed by atoms with E-state index in [2.05, 4.69) is 20.6 Å². The van der Waals surface area contributed by atoms with Gasteiger partial charge >= 0.3 is 6.18 Å². The number of nitrogens with one attached hydrogen (secondary N) is 2. The Bertz CT molecular complexity index is 788. The predicted octanol–water partition coefficient (Wildman–Crippen LogP) is 3.86. The highest BCUT2D eigenvalue weighted by Gasteiger charge is 2.34. The highest BCUT2D eigenvalue weighted by molar-refractivity contribution is 14.0. The lowest BCUT2D eigenvalue weighted by Gasteiger charge is -2.14. The fourth-order valence-corrected chi connectivity index (χ4v) is 2.32. The number of alkyl halides is 3. The lowest BCUT2D eigenvalue weighted by Crippen LogP contribution is -2.39. The number of pyridine rings is 1. The molecule has 0 saturated carbocycles. The van der Waals surface area contributed by atoms with Crippen LogP contribution in [-0.4, -0.2) is 37.7 Å². The average molecular weight is 524 g/mol. The summed E-state index contributed by atoms with van der Waals surface area (Å²) >= 11 is 0. The molecule has 0 bridgehead atoms. The van der Waals surface area contributed by atoms with Gasteiger partial charge in [-0.3, -0.25) is 0 Å². The molecule has 1 aromatic heterocycles. The zero-order valence-electron chi connectivity index (χ0n) is 16.1. The number of aliphatic imine (C=N–C) groups is 1. The summed E-state index contributed by atoms with van der Waals surface area (Å²) in [6.45, 7) is 3.25. The number of halogens is 4. The maximum absolute atomic E-state index is 12.9. The van der Waals surface area contributed by atoms with Gasteiger partial charge in [0.25, 0.3) is 0 Å². The maximum atomic E-state index is 12.9. The van der Waals surface area contributed by atoms with Crippen LogP contribution in [0.1, 0.15) is 18.1 Å². The summed E-state index contributed by atoms with van der Waals surface area (Å²) in [6.07, 6.45) is -3.25. The Balaban J connectivity index is 0.00000420. The highest BCUT2D eigenvalue weighted by atomic mass is 127. The van der Waals surface area contributed by atoms with E-state index < -0.39 is 17.6 Å². The molecule has 0 aliphatic rings. The van der Waals surface area contributed by atoms with Crippen LogP contribution in [0.2, 0.25) is 0 Å². The Morgan fingerprint density at radius 3 is 2.66 bits per heavy atom. The van der Waals surface area contributed by atoms with Crippen LogP contribution in [0.25, 0.3) is 0 Å². The molecule has 2 N–H and O–H groups in total. The molecule has 0 saturated heterocycles. The second-order valence-corrected chi connectivity index (χ2v) is 5.68. The molecule has 10 heteroatoms. The van der Waals surface area contributed by atoms with Crippen molar-refractivity contribution in [1.82, 2.24) is 15.6 Å². The lowest BCUT2D eigenvalue weighted by atomic mass is 10.2. The van der Waals surface area contributed by atoms with Crippen molar-refractivity contribution < 1.29 is 22.6 Å². The van der Waals surface area contributed by atoms with Crippen LogP contribution in [0.3, 0.4) is 0 Å². The van der Waals surface area contributed by atoms with Crippen LogP contribution < -0.4 is 20.1 Å². The van der Waals surface area contributed by atoms with Gasteiger partial charge in [0, 0.05) is 12.7 Å². The van der Waals surface area contributed by atoms with Crippen molar-refractivity contribution in [2.24, 2.45) is 4.99 Å². The molecule has 0 aliphatic heterocycles. The average Bonchev–Trinajstić information content (AvgIpc) is 2.69. The van der Waals surface area contributed by atoms with Crippen molar-refractivity contribution in [1.29, 1.82) is 0 Å². The van der Waals surface area contributed by atoms with Crippen molar-refractivity contribution >= 4 is 29.9 Å². The minimum atomic E-state index is -4.51. The molecule has 2 aromatic rings. The van der Waals surface area contributed by atoms with Gasteiger partial charge in [0.2, 0.25) is 5.88 Å². The van der Waals surface area contributed by atoms with E-state index in [1.165, 1.54) is 12.3 Å². The van der Waals surface area contributed by atoms with Crippen molar-refractivity contribution in [3.8, 4) is 11.6 Å². The first-order valence-corrected chi connectivity index (χ1v) is 8.74. The first kappa shape index (κ1) is 24.8. The Kier molecular flexibility index (Phi) is 10.6. The SMILES string of the molecule is CCNC(=NCc1cccc(OC)c1)NCCOc1ncccc1C(F)(F)F.I. The monoisotopic (exact) mass is 524 g/mol. The molecule has 29 heavy (non-hydrogen) atoms. The maximum Gasteiger partial charge on any atom is 0.421 e. The summed E-state index contributed by atoms with van der Waals surface area (Å²) < 4.78 is 49.2. The normalized spacial score (nSPS) is 11.4. The van der Waals surface area contributed by atoms with Gasteiger partial charge in [0.05, 0.1) is 20.2 Å². The topological polar surface area (TPSA) is 67.8 Å². The van der Waals surface area contributed by atoms with Crippen LogP contribution in [0, 0.1) is 0 Å². The molecule has 2 rings (SSSR count). The molecule has 0 aliphatic carbocycles. The predicted molar refractivity (Wildman–Crippen MR) is 116 cm³/mol. The third kappa shape index (κ3) is 8.34. The van der Waals surface area contributed by atoms with Crippen LogP contribution in [-0.2, 0) is 12.7 Å². The number of benzene rings is 1. The summed E-state index contributed by atoms with van der Waals surface area (Å²) in [4.78, 5) is 8.11. The number of guanidine groups is 1. The molecule has 0 fully saturated rings. The summed E-state index contributed by atoms with van der Waals surface area (Å²) in [7, 11) is 1.60. The van der Waals surface area contributed by atoms with Gasteiger partial charge in [0.1, 0.15) is 17.9 Å². The number of ether oxygens (including phenoxy) is 2. The summed E-state index contributed by atoms with van der Waals surface area (Å²) in [5.74, 6) is 0.844. The number of nitrogens with zero attached hydrogens (tertiary/aromatic N) is 2.